The van der Waals surface area contributed by atoms with E-state index < -0.39 is 4.92 Å². The molecular formula is C11H17BN3O2. The van der Waals surface area contributed by atoms with Crippen LogP contribution in [0.25, 0.3) is 0 Å². The van der Waals surface area contributed by atoms with Crippen LogP contribution in [0.2, 0.25) is 13.1 Å². The average molecular weight is 234 g/mol. The minimum absolute atomic E-state index is 0.198. The predicted octanol–water partition coefficient (Wildman–Crippen LogP) is 2.82. The van der Waals surface area contributed by atoms with Crippen LogP contribution < -0.4 is 0 Å². The summed E-state index contributed by atoms with van der Waals surface area (Å²) in [6.45, 7) is 5.49. The smallest absolute Gasteiger partial charge is 0.358 e. The van der Waals surface area contributed by atoms with E-state index in [0.717, 1.165) is 12.8 Å². The Morgan fingerprint density at radius 1 is 1.59 bits per heavy atom. The lowest BCUT2D eigenvalue weighted by Gasteiger charge is -1.99. The van der Waals surface area contributed by atoms with Crippen LogP contribution in [0.5, 0.6) is 0 Å². The third-order valence-corrected chi connectivity index (χ3v) is 2.20. The summed E-state index contributed by atoms with van der Waals surface area (Å²) in [5, 5.41) is 19.7. The van der Waals surface area contributed by atoms with Crippen LogP contribution in [0, 0.1) is 21.4 Å². The van der Waals surface area contributed by atoms with Gasteiger partial charge in [-0.15, -0.1) is 0 Å². The monoisotopic (exact) mass is 234 g/mol. The zero-order valence-corrected chi connectivity index (χ0v) is 10.6. The molecule has 17 heavy (non-hydrogen) atoms. The molecule has 0 aliphatic heterocycles. The van der Waals surface area contributed by atoms with Gasteiger partial charge in [-0.3, -0.25) is 0 Å². The summed E-state index contributed by atoms with van der Waals surface area (Å²) in [5.74, 6) is -0.198. The molecule has 0 aromatic carbocycles. The number of hydrogen-bond acceptors (Lipinski definition) is 4. The van der Waals surface area contributed by atoms with Gasteiger partial charge in [0.25, 0.3) is 0 Å². The van der Waals surface area contributed by atoms with Crippen molar-refractivity contribution in [3.8, 4) is 6.07 Å². The molecule has 0 saturated carbocycles. The molecule has 5 nitrogen and oxygen atoms in total. The minimum atomic E-state index is -0.526. The highest BCUT2D eigenvalue weighted by Gasteiger charge is 2.16. The summed E-state index contributed by atoms with van der Waals surface area (Å²) < 4.78 is 0. The first-order chi connectivity index (χ1) is 8.06. The molecule has 6 heteroatoms. The first kappa shape index (κ1) is 15.4. The molecule has 91 valence electrons. The van der Waals surface area contributed by atoms with E-state index >= 15 is 0 Å². The molecule has 0 atom stereocenters. The number of nitro groups is 1. The lowest BCUT2D eigenvalue weighted by molar-refractivity contribution is -0.427. The number of nitriles is 1. The molecule has 0 fully saturated rings. The second-order valence-electron chi connectivity index (χ2n) is 3.75. The van der Waals surface area contributed by atoms with Gasteiger partial charge in [0.2, 0.25) is 5.71 Å². The van der Waals surface area contributed by atoms with Crippen molar-refractivity contribution < 1.29 is 4.92 Å². The van der Waals surface area contributed by atoms with Gasteiger partial charge in [-0.2, -0.15) is 5.26 Å². The fourth-order valence-electron chi connectivity index (χ4n) is 1.30. The third kappa shape index (κ3) is 5.86. The van der Waals surface area contributed by atoms with Gasteiger partial charge in [0.05, 0.1) is 0 Å². The number of nitrogens with zero attached hydrogens (tertiary/aromatic N) is 3. The molecule has 1 radical (unpaired) electrons. The van der Waals surface area contributed by atoms with E-state index in [4.69, 9.17) is 5.26 Å². The van der Waals surface area contributed by atoms with Gasteiger partial charge < -0.3 is 10.1 Å². The van der Waals surface area contributed by atoms with Crippen molar-refractivity contribution in [2.45, 2.75) is 46.3 Å². The molecule has 0 spiro atoms. The molecule has 0 rings (SSSR count). The Labute approximate surface area is 103 Å². The Morgan fingerprint density at radius 2 is 2.24 bits per heavy atom. The lowest BCUT2D eigenvalue weighted by Crippen LogP contribution is -2.05. The number of hydrogen-bond donors (Lipinski definition) is 0. The summed E-state index contributed by atoms with van der Waals surface area (Å²) in [4.78, 5) is 14.2. The van der Waals surface area contributed by atoms with Gasteiger partial charge in [0, 0.05) is 12.0 Å². The van der Waals surface area contributed by atoms with E-state index in [1.807, 2.05) is 27.1 Å². The molecule has 0 amide bonds. The first-order valence-corrected chi connectivity index (χ1v) is 5.66. The summed E-state index contributed by atoms with van der Waals surface area (Å²) >= 11 is 0. The fourth-order valence-corrected chi connectivity index (χ4v) is 1.30. The van der Waals surface area contributed by atoms with Crippen molar-refractivity contribution in [2.24, 2.45) is 4.99 Å². The van der Waals surface area contributed by atoms with Crippen molar-refractivity contribution in [1.82, 2.24) is 0 Å². The second kappa shape index (κ2) is 8.51. The van der Waals surface area contributed by atoms with Gasteiger partial charge >= 0.3 is 5.82 Å². The Bertz CT molecular complexity index is 369. The van der Waals surface area contributed by atoms with Crippen molar-refractivity contribution >= 4 is 13.0 Å². The summed E-state index contributed by atoms with van der Waals surface area (Å²) in [6, 6.07) is 1.92. The number of allylic oxidation sites excluding steroid dienone is 1. The third-order valence-electron chi connectivity index (χ3n) is 2.20. The van der Waals surface area contributed by atoms with E-state index in [9.17, 15) is 10.1 Å². The SMILES string of the molecule is C[B]C/C(C)=C(/N=C(C#N)CCCC)[N+](=O)[O-]. The highest BCUT2D eigenvalue weighted by atomic mass is 16.6. The molecule has 0 unspecified atom stereocenters. The average Bonchev–Trinajstić information content (AvgIpc) is 2.29. The van der Waals surface area contributed by atoms with Crippen LogP contribution >= 0.6 is 0 Å². The first-order valence-electron chi connectivity index (χ1n) is 5.66. The number of aliphatic imine (C=N–C) groups is 1. The topological polar surface area (TPSA) is 79.3 Å². The normalized spacial score (nSPS) is 12.7. The molecule has 0 aromatic heterocycles. The Kier molecular flexibility index (Phi) is 7.69. The van der Waals surface area contributed by atoms with E-state index in [2.05, 4.69) is 4.99 Å². The lowest BCUT2D eigenvalue weighted by atomic mass is 9.75. The van der Waals surface area contributed by atoms with E-state index in [1.54, 1.807) is 6.92 Å². The highest BCUT2D eigenvalue weighted by Crippen LogP contribution is 2.12. The van der Waals surface area contributed by atoms with Crippen LogP contribution in [-0.4, -0.2) is 17.9 Å². The predicted molar refractivity (Wildman–Crippen MR) is 68.7 cm³/mol. The molecule has 0 saturated heterocycles. The van der Waals surface area contributed by atoms with Gasteiger partial charge in [0.1, 0.15) is 13.3 Å². The van der Waals surface area contributed by atoms with Crippen LogP contribution in [0.3, 0.4) is 0 Å². The Hall–Kier alpha value is -1.64. The maximum Gasteiger partial charge on any atom is 0.362 e. The largest absolute Gasteiger partial charge is 0.362 e. The van der Waals surface area contributed by atoms with Crippen molar-refractivity contribution in [3.05, 3.63) is 21.5 Å². The summed E-state index contributed by atoms with van der Waals surface area (Å²) in [5.41, 5.74) is 0.802. The summed E-state index contributed by atoms with van der Waals surface area (Å²) in [6.07, 6.45) is 2.75. The molecule has 0 heterocycles. The van der Waals surface area contributed by atoms with Crippen LogP contribution in [0.1, 0.15) is 33.1 Å². The molecule has 0 N–H and O–H groups in total. The van der Waals surface area contributed by atoms with Gasteiger partial charge in [-0.25, -0.2) is 0 Å². The fraction of sp³-hybridized carbons (Fsp3) is 0.636. The quantitative estimate of drug-likeness (QED) is 0.294. The van der Waals surface area contributed by atoms with Crippen LogP contribution in [-0.2, 0) is 0 Å². The van der Waals surface area contributed by atoms with Crippen molar-refractivity contribution in [2.75, 3.05) is 0 Å². The van der Waals surface area contributed by atoms with Gasteiger partial charge in [-0.1, -0.05) is 26.5 Å². The number of unbranched alkanes of at least 4 members (excludes halogenated alkanes) is 1. The zero-order valence-electron chi connectivity index (χ0n) is 10.6. The maximum absolute atomic E-state index is 10.9. The van der Waals surface area contributed by atoms with E-state index in [0.29, 0.717) is 18.3 Å². The Morgan fingerprint density at radius 3 is 2.65 bits per heavy atom. The summed E-state index contributed by atoms with van der Waals surface area (Å²) in [7, 11) is 1.83. The van der Waals surface area contributed by atoms with Gasteiger partial charge in [0.15, 0.2) is 0 Å². The van der Waals surface area contributed by atoms with Gasteiger partial charge in [-0.05, 0) is 23.3 Å². The van der Waals surface area contributed by atoms with Crippen LogP contribution in [0.15, 0.2) is 16.4 Å². The van der Waals surface area contributed by atoms with Crippen LogP contribution in [0.4, 0.5) is 0 Å². The van der Waals surface area contributed by atoms with Crippen molar-refractivity contribution in [1.29, 1.82) is 5.26 Å². The van der Waals surface area contributed by atoms with E-state index in [-0.39, 0.29) is 11.5 Å². The maximum atomic E-state index is 10.9. The Balaban J connectivity index is 5.08. The highest BCUT2D eigenvalue weighted by molar-refractivity contribution is 6.34. The zero-order chi connectivity index (χ0) is 13.3. The van der Waals surface area contributed by atoms with E-state index in [1.165, 1.54) is 0 Å². The standard InChI is InChI=1S/C11H17BN3O2/c1-4-5-6-10(8-13)14-11(15(16)17)9(2)7-12-3/h4-7H2,1-3H3/b11-9-,14-10?. The minimum Gasteiger partial charge on any atom is -0.358 e. The second-order valence-corrected chi connectivity index (χ2v) is 3.75. The molecule has 0 aromatic rings. The molecule has 0 bridgehead atoms. The molecular weight excluding hydrogens is 217 g/mol. The van der Waals surface area contributed by atoms with Crippen molar-refractivity contribution in [3.63, 3.8) is 0 Å². The number of rotatable bonds is 7. The molecule has 0 aliphatic carbocycles. The molecule has 0 aliphatic rings.